The summed E-state index contributed by atoms with van der Waals surface area (Å²) in [6.45, 7) is 11.7. The van der Waals surface area contributed by atoms with E-state index in [9.17, 15) is 0 Å². The van der Waals surface area contributed by atoms with Crippen LogP contribution in [0.3, 0.4) is 0 Å². The van der Waals surface area contributed by atoms with Crippen LogP contribution in [-0.2, 0) is 4.74 Å². The van der Waals surface area contributed by atoms with Gasteiger partial charge in [-0.05, 0) is 40.5 Å². The monoisotopic (exact) mass is 357 g/mol. The summed E-state index contributed by atoms with van der Waals surface area (Å²) >= 11 is 0. The molecule has 0 aromatic heterocycles. The van der Waals surface area contributed by atoms with Gasteiger partial charge in [-0.25, -0.2) is 0 Å². The Balaban J connectivity index is 0. The Morgan fingerprint density at radius 1 is 1.24 bits per heavy atom. The number of nitrogens with zero attached hydrogens (tertiary/aromatic N) is 1. The molecule has 0 aliphatic carbocycles. The zero-order chi connectivity index (χ0) is 12.2. The van der Waals surface area contributed by atoms with Gasteiger partial charge < -0.3 is 15.4 Å². The second-order valence-electron chi connectivity index (χ2n) is 3.96. The summed E-state index contributed by atoms with van der Waals surface area (Å²) in [7, 11) is 0. The lowest BCUT2D eigenvalue weighted by Gasteiger charge is -2.13. The van der Waals surface area contributed by atoms with E-state index in [1.54, 1.807) is 0 Å². The van der Waals surface area contributed by atoms with Gasteiger partial charge in [0.1, 0.15) is 0 Å². The van der Waals surface area contributed by atoms with Gasteiger partial charge in [0.2, 0.25) is 0 Å². The zero-order valence-corrected chi connectivity index (χ0v) is 13.9. The average molecular weight is 357 g/mol. The summed E-state index contributed by atoms with van der Waals surface area (Å²) in [4.78, 5) is 4.49. The molecule has 2 N–H and O–H groups in total. The van der Waals surface area contributed by atoms with Crippen LogP contribution < -0.4 is 10.6 Å². The first-order valence-electron chi connectivity index (χ1n) is 6.33. The van der Waals surface area contributed by atoms with Crippen LogP contribution in [0.1, 0.15) is 40.5 Å². The summed E-state index contributed by atoms with van der Waals surface area (Å²) in [5.74, 6) is 0.911. The molecule has 4 nitrogen and oxygen atoms in total. The molecule has 0 spiro atoms. The van der Waals surface area contributed by atoms with E-state index in [1.165, 1.54) is 0 Å². The van der Waals surface area contributed by atoms with E-state index in [4.69, 9.17) is 4.74 Å². The van der Waals surface area contributed by atoms with Gasteiger partial charge in [-0.2, -0.15) is 0 Å². The zero-order valence-electron chi connectivity index (χ0n) is 11.6. The summed E-state index contributed by atoms with van der Waals surface area (Å²) in [5, 5.41) is 6.51. The van der Waals surface area contributed by atoms with Crippen LogP contribution in [0.15, 0.2) is 4.99 Å². The molecule has 0 saturated heterocycles. The Morgan fingerprint density at radius 2 is 1.94 bits per heavy atom. The van der Waals surface area contributed by atoms with Crippen LogP contribution in [0.5, 0.6) is 0 Å². The summed E-state index contributed by atoms with van der Waals surface area (Å²) in [6.07, 6.45) is 2.16. The predicted molar refractivity (Wildman–Crippen MR) is 85.4 cm³/mol. The molecule has 0 saturated carbocycles. The SMILES string of the molecule is CCNC(=NCCCCOCC)NC(C)C.I. The fourth-order valence-electron chi connectivity index (χ4n) is 1.24. The number of aliphatic imine (C=N–C) groups is 1. The maximum absolute atomic E-state index is 5.27. The first kappa shape index (κ1) is 19.3. The van der Waals surface area contributed by atoms with Gasteiger partial charge >= 0.3 is 0 Å². The fourth-order valence-corrected chi connectivity index (χ4v) is 1.24. The van der Waals surface area contributed by atoms with Crippen LogP contribution in [0.4, 0.5) is 0 Å². The van der Waals surface area contributed by atoms with Crippen molar-refractivity contribution in [3.05, 3.63) is 0 Å². The molecule has 0 fully saturated rings. The molecule has 104 valence electrons. The first-order chi connectivity index (χ1) is 7.70. The molecule has 0 bridgehead atoms. The number of unbranched alkanes of at least 4 members (excludes halogenated alkanes) is 1. The first-order valence-corrected chi connectivity index (χ1v) is 6.33. The maximum Gasteiger partial charge on any atom is 0.191 e. The summed E-state index contributed by atoms with van der Waals surface area (Å²) < 4.78 is 5.27. The van der Waals surface area contributed by atoms with E-state index in [1.807, 2.05) is 6.92 Å². The van der Waals surface area contributed by atoms with Gasteiger partial charge in [-0.3, -0.25) is 4.99 Å². The number of hydrogen-bond acceptors (Lipinski definition) is 2. The van der Waals surface area contributed by atoms with E-state index in [0.29, 0.717) is 6.04 Å². The Hall–Kier alpha value is -0.0400. The van der Waals surface area contributed by atoms with E-state index >= 15 is 0 Å². The average Bonchev–Trinajstić information content (AvgIpc) is 2.22. The molecular formula is C12H28IN3O. The van der Waals surface area contributed by atoms with Crippen LogP contribution >= 0.6 is 24.0 Å². The molecule has 0 aromatic rings. The molecule has 5 heteroatoms. The molecule has 0 heterocycles. The van der Waals surface area contributed by atoms with E-state index in [-0.39, 0.29) is 24.0 Å². The lowest BCUT2D eigenvalue weighted by Crippen LogP contribution is -2.41. The van der Waals surface area contributed by atoms with Crippen molar-refractivity contribution in [3.8, 4) is 0 Å². The molecule has 0 radical (unpaired) electrons. The van der Waals surface area contributed by atoms with Crippen molar-refractivity contribution in [2.45, 2.75) is 46.6 Å². The highest BCUT2D eigenvalue weighted by Crippen LogP contribution is 1.91. The third-order valence-corrected chi connectivity index (χ3v) is 1.94. The lowest BCUT2D eigenvalue weighted by atomic mass is 10.3. The highest BCUT2D eigenvalue weighted by molar-refractivity contribution is 14.0. The number of halogens is 1. The lowest BCUT2D eigenvalue weighted by molar-refractivity contribution is 0.144. The molecule has 0 aliphatic heterocycles. The predicted octanol–water partition coefficient (Wildman–Crippen LogP) is 2.38. The minimum atomic E-state index is 0. The molecule has 0 atom stereocenters. The van der Waals surface area contributed by atoms with Crippen molar-refractivity contribution in [1.82, 2.24) is 10.6 Å². The Morgan fingerprint density at radius 3 is 2.47 bits per heavy atom. The topological polar surface area (TPSA) is 45.7 Å². The third-order valence-electron chi connectivity index (χ3n) is 1.94. The largest absolute Gasteiger partial charge is 0.382 e. The number of nitrogens with one attached hydrogen (secondary N) is 2. The van der Waals surface area contributed by atoms with Gasteiger partial charge in [0.05, 0.1) is 0 Å². The number of rotatable bonds is 8. The van der Waals surface area contributed by atoms with Crippen molar-refractivity contribution >= 4 is 29.9 Å². The molecule has 0 rings (SSSR count). The standard InChI is InChI=1S/C12H27N3O.HI/c1-5-13-12(15-11(3)4)14-9-7-8-10-16-6-2;/h11H,5-10H2,1-4H3,(H2,13,14,15);1H. The van der Waals surface area contributed by atoms with Crippen molar-refractivity contribution in [1.29, 1.82) is 0 Å². The third kappa shape index (κ3) is 13.9. The van der Waals surface area contributed by atoms with Crippen molar-refractivity contribution < 1.29 is 4.74 Å². The normalized spacial score (nSPS) is 11.2. The maximum atomic E-state index is 5.27. The van der Waals surface area contributed by atoms with Gasteiger partial charge in [0, 0.05) is 32.3 Å². The number of ether oxygens (including phenoxy) is 1. The van der Waals surface area contributed by atoms with Crippen molar-refractivity contribution in [3.63, 3.8) is 0 Å². The Labute approximate surface area is 123 Å². The summed E-state index contributed by atoms with van der Waals surface area (Å²) in [6, 6.07) is 0.418. The molecule has 0 unspecified atom stereocenters. The highest BCUT2D eigenvalue weighted by Gasteiger charge is 1.98. The number of guanidine groups is 1. The molecule has 0 aliphatic rings. The smallest absolute Gasteiger partial charge is 0.191 e. The van der Waals surface area contributed by atoms with Gasteiger partial charge in [-0.1, -0.05) is 0 Å². The highest BCUT2D eigenvalue weighted by atomic mass is 127. The van der Waals surface area contributed by atoms with Gasteiger partial charge in [-0.15, -0.1) is 24.0 Å². The van der Waals surface area contributed by atoms with Crippen LogP contribution in [0, 0.1) is 0 Å². The number of hydrogen-bond donors (Lipinski definition) is 2. The van der Waals surface area contributed by atoms with E-state index in [2.05, 4.69) is 36.4 Å². The Bertz CT molecular complexity index is 187. The minimum Gasteiger partial charge on any atom is -0.382 e. The fraction of sp³-hybridized carbons (Fsp3) is 0.917. The quantitative estimate of drug-likeness (QED) is 0.304. The van der Waals surface area contributed by atoms with Crippen LogP contribution in [0.2, 0.25) is 0 Å². The molecular weight excluding hydrogens is 329 g/mol. The van der Waals surface area contributed by atoms with Gasteiger partial charge in [0.25, 0.3) is 0 Å². The van der Waals surface area contributed by atoms with Crippen molar-refractivity contribution in [2.24, 2.45) is 4.99 Å². The summed E-state index contributed by atoms with van der Waals surface area (Å²) in [5.41, 5.74) is 0. The van der Waals surface area contributed by atoms with E-state index < -0.39 is 0 Å². The Kier molecular flexibility index (Phi) is 15.9. The van der Waals surface area contributed by atoms with Crippen LogP contribution in [0.25, 0.3) is 0 Å². The van der Waals surface area contributed by atoms with Crippen LogP contribution in [-0.4, -0.2) is 38.3 Å². The second kappa shape index (κ2) is 14.0. The van der Waals surface area contributed by atoms with Gasteiger partial charge in [0.15, 0.2) is 5.96 Å². The molecule has 0 amide bonds. The molecule has 0 aromatic carbocycles. The van der Waals surface area contributed by atoms with Crippen molar-refractivity contribution in [2.75, 3.05) is 26.3 Å². The minimum absolute atomic E-state index is 0. The van der Waals surface area contributed by atoms with E-state index in [0.717, 1.165) is 45.1 Å². The molecule has 17 heavy (non-hydrogen) atoms. The second-order valence-corrected chi connectivity index (χ2v) is 3.96.